The normalized spacial score (nSPS) is 9.56. The van der Waals surface area contributed by atoms with Crippen LogP contribution in [-0.4, -0.2) is 0 Å². The zero-order chi connectivity index (χ0) is 6.85. The molecule has 1 nitrogen and oxygen atoms in total. The third kappa shape index (κ3) is 1.58. The molecule has 0 aliphatic rings. The van der Waals surface area contributed by atoms with Crippen LogP contribution in [0.4, 0.5) is 5.69 Å². The Kier molecular flexibility index (Phi) is 1.95. The highest BCUT2D eigenvalue weighted by Gasteiger charge is 1.91. The number of rotatable bonds is 0. The van der Waals surface area contributed by atoms with Crippen LogP contribution in [0.5, 0.6) is 0 Å². The third-order valence-electron chi connectivity index (χ3n) is 1.02. The van der Waals surface area contributed by atoms with Gasteiger partial charge in [-0.2, -0.15) is 0 Å². The van der Waals surface area contributed by atoms with Crippen LogP contribution in [0.15, 0.2) is 18.2 Å². The quantitative estimate of drug-likeness (QED) is 0.535. The Bertz CT molecular complexity index is 220. The van der Waals surface area contributed by atoms with Crippen LogP contribution < -0.4 is 5.73 Å². The minimum absolute atomic E-state index is 0.716. The molecule has 2 radical (unpaired) electrons. The van der Waals surface area contributed by atoms with Crippen molar-refractivity contribution in [3.05, 3.63) is 34.3 Å². The van der Waals surface area contributed by atoms with Crippen LogP contribution >= 0.6 is 22.6 Å². The number of anilines is 1. The molecule has 1 aromatic rings. The molecule has 0 saturated heterocycles. The Balaban J connectivity index is 3.17. The monoisotopic (exact) mass is 231 g/mol. The molecular weight excluding hydrogens is 225 g/mol. The molecule has 1 aromatic carbocycles. The van der Waals surface area contributed by atoms with Crippen molar-refractivity contribution in [2.45, 2.75) is 0 Å². The number of hydrogen-bond acceptors (Lipinski definition) is 1. The molecule has 0 fully saturated rings. The van der Waals surface area contributed by atoms with E-state index in [0.29, 0.717) is 5.56 Å². The van der Waals surface area contributed by atoms with Gasteiger partial charge in [-0.05, 0) is 47.2 Å². The van der Waals surface area contributed by atoms with Crippen molar-refractivity contribution in [1.29, 1.82) is 0 Å². The first-order chi connectivity index (χ1) is 4.20. The maximum Gasteiger partial charge on any atom is 0.0452 e. The van der Waals surface area contributed by atoms with E-state index in [9.17, 15) is 0 Å². The van der Waals surface area contributed by atoms with E-state index in [1.807, 2.05) is 12.1 Å². The van der Waals surface area contributed by atoms with Gasteiger partial charge >= 0.3 is 0 Å². The van der Waals surface area contributed by atoms with Crippen LogP contribution in [-0.2, 0) is 0 Å². The molecule has 0 spiro atoms. The van der Waals surface area contributed by atoms with Crippen LogP contribution in [0.3, 0.4) is 0 Å². The van der Waals surface area contributed by atoms with Crippen LogP contribution in [0, 0.1) is 10.5 Å². The van der Waals surface area contributed by atoms with E-state index in [2.05, 4.69) is 22.6 Å². The summed E-state index contributed by atoms with van der Waals surface area (Å²) in [5.74, 6) is 0. The minimum Gasteiger partial charge on any atom is -0.398 e. The van der Waals surface area contributed by atoms with Gasteiger partial charge in [-0.1, -0.05) is 6.07 Å². The van der Waals surface area contributed by atoms with Crippen molar-refractivity contribution in [2.75, 3.05) is 5.73 Å². The SMILES string of the molecule is [CH]c1ccc(I)c(N)c1. The summed E-state index contributed by atoms with van der Waals surface area (Å²) in [4.78, 5) is 0. The molecule has 0 aliphatic heterocycles. The fraction of sp³-hybridized carbons (Fsp3) is 0. The number of hydrogen-bond donors (Lipinski definition) is 1. The van der Waals surface area contributed by atoms with E-state index >= 15 is 0 Å². The highest BCUT2D eigenvalue weighted by molar-refractivity contribution is 14.1. The Morgan fingerprint density at radius 3 is 2.56 bits per heavy atom. The van der Waals surface area contributed by atoms with Crippen molar-refractivity contribution in [3.63, 3.8) is 0 Å². The van der Waals surface area contributed by atoms with E-state index in [-0.39, 0.29) is 0 Å². The highest BCUT2D eigenvalue weighted by atomic mass is 127. The first kappa shape index (κ1) is 6.86. The van der Waals surface area contributed by atoms with Crippen LogP contribution in [0.2, 0.25) is 0 Å². The van der Waals surface area contributed by atoms with Gasteiger partial charge in [0.2, 0.25) is 0 Å². The van der Waals surface area contributed by atoms with Gasteiger partial charge in [-0.25, -0.2) is 0 Å². The van der Waals surface area contributed by atoms with Gasteiger partial charge in [-0.15, -0.1) is 0 Å². The van der Waals surface area contributed by atoms with E-state index in [4.69, 9.17) is 12.7 Å². The minimum atomic E-state index is 0.716. The summed E-state index contributed by atoms with van der Waals surface area (Å²) in [6.07, 6.45) is 0. The van der Waals surface area contributed by atoms with Crippen LogP contribution in [0.1, 0.15) is 5.56 Å². The second-order valence-electron chi connectivity index (χ2n) is 1.78. The summed E-state index contributed by atoms with van der Waals surface area (Å²) in [5.41, 5.74) is 6.99. The van der Waals surface area contributed by atoms with Crippen molar-refractivity contribution >= 4 is 28.3 Å². The smallest absolute Gasteiger partial charge is 0.0452 e. The van der Waals surface area contributed by atoms with Gasteiger partial charge in [-0.3, -0.25) is 0 Å². The summed E-state index contributed by atoms with van der Waals surface area (Å²) >= 11 is 2.16. The second kappa shape index (κ2) is 2.56. The summed E-state index contributed by atoms with van der Waals surface area (Å²) in [6.45, 7) is 5.44. The van der Waals surface area contributed by atoms with Crippen molar-refractivity contribution in [3.8, 4) is 0 Å². The summed E-state index contributed by atoms with van der Waals surface area (Å²) in [7, 11) is 0. The van der Waals surface area contributed by atoms with Crippen molar-refractivity contribution in [2.24, 2.45) is 0 Å². The summed E-state index contributed by atoms with van der Waals surface area (Å²) in [5, 5.41) is 0. The molecule has 1 rings (SSSR count). The molecule has 0 aromatic heterocycles. The molecule has 0 saturated carbocycles. The van der Waals surface area contributed by atoms with E-state index in [0.717, 1.165) is 9.26 Å². The molecule has 0 amide bonds. The lowest BCUT2D eigenvalue weighted by molar-refractivity contribution is 1.57. The average molecular weight is 231 g/mol. The van der Waals surface area contributed by atoms with Gasteiger partial charge in [0.1, 0.15) is 0 Å². The topological polar surface area (TPSA) is 26.0 Å². The molecular formula is C7H6IN. The Hall–Kier alpha value is -0.250. The third-order valence-corrected chi connectivity index (χ3v) is 2.00. The van der Waals surface area contributed by atoms with Crippen molar-refractivity contribution < 1.29 is 0 Å². The van der Waals surface area contributed by atoms with E-state index in [1.54, 1.807) is 6.07 Å². The molecule has 0 bridgehead atoms. The Morgan fingerprint density at radius 2 is 2.11 bits per heavy atom. The van der Waals surface area contributed by atoms with E-state index < -0.39 is 0 Å². The maximum absolute atomic E-state index is 5.53. The molecule has 0 aliphatic carbocycles. The molecule has 46 valence electrons. The molecule has 2 heteroatoms. The summed E-state index contributed by atoms with van der Waals surface area (Å²) < 4.78 is 1.04. The first-order valence-corrected chi connectivity index (χ1v) is 3.58. The number of benzene rings is 1. The molecule has 0 atom stereocenters. The molecule has 2 N–H and O–H groups in total. The Labute approximate surface area is 68.4 Å². The largest absolute Gasteiger partial charge is 0.398 e. The zero-order valence-corrected chi connectivity index (χ0v) is 6.92. The predicted octanol–water partition coefficient (Wildman–Crippen LogP) is 1.93. The lowest BCUT2D eigenvalue weighted by atomic mass is 10.2. The standard InChI is InChI=1S/C7H6IN/c1-5-2-3-6(8)7(9)4-5/h1-4H,9H2. The van der Waals surface area contributed by atoms with Crippen molar-refractivity contribution in [1.82, 2.24) is 0 Å². The van der Waals surface area contributed by atoms with Crippen LogP contribution in [0.25, 0.3) is 0 Å². The number of nitrogen functional groups attached to an aromatic ring is 1. The molecule has 9 heavy (non-hydrogen) atoms. The number of nitrogens with two attached hydrogens (primary N) is 1. The first-order valence-electron chi connectivity index (χ1n) is 2.50. The van der Waals surface area contributed by atoms with Gasteiger partial charge in [0.15, 0.2) is 0 Å². The fourth-order valence-corrected chi connectivity index (χ4v) is 0.898. The van der Waals surface area contributed by atoms with E-state index in [1.165, 1.54) is 0 Å². The van der Waals surface area contributed by atoms with Gasteiger partial charge in [0.25, 0.3) is 0 Å². The van der Waals surface area contributed by atoms with Gasteiger partial charge in [0.05, 0.1) is 0 Å². The average Bonchev–Trinajstić information content (AvgIpc) is 1.80. The van der Waals surface area contributed by atoms with Gasteiger partial charge < -0.3 is 5.73 Å². The lowest BCUT2D eigenvalue weighted by Crippen LogP contribution is -1.88. The molecule has 0 unspecified atom stereocenters. The fourth-order valence-electron chi connectivity index (χ4n) is 0.562. The molecule has 0 heterocycles. The predicted molar refractivity (Wildman–Crippen MR) is 47.0 cm³/mol. The number of halogens is 1. The second-order valence-corrected chi connectivity index (χ2v) is 2.94. The maximum atomic E-state index is 5.53. The van der Waals surface area contributed by atoms with Gasteiger partial charge in [0, 0.05) is 9.26 Å². The Morgan fingerprint density at radius 1 is 1.44 bits per heavy atom. The zero-order valence-electron chi connectivity index (χ0n) is 4.76. The lowest BCUT2D eigenvalue weighted by Gasteiger charge is -1.96. The summed E-state index contributed by atoms with van der Waals surface area (Å²) in [6, 6.07) is 5.48. The highest BCUT2D eigenvalue weighted by Crippen LogP contribution is 2.14.